The molecule has 2 nitrogen and oxygen atoms in total. The van der Waals surface area contributed by atoms with Crippen LogP contribution in [0.1, 0.15) is 37.8 Å². The quantitative estimate of drug-likeness (QED) is 0.832. The van der Waals surface area contributed by atoms with Crippen molar-refractivity contribution < 1.29 is 17.6 Å². The van der Waals surface area contributed by atoms with Gasteiger partial charge in [0.05, 0.1) is 6.26 Å². The van der Waals surface area contributed by atoms with Gasteiger partial charge in [0.15, 0.2) is 5.22 Å². The maximum absolute atomic E-state index is 12.2. The predicted octanol–water partition coefficient (Wildman–Crippen LogP) is 4.32. The van der Waals surface area contributed by atoms with E-state index < -0.39 is 18.6 Å². The number of hydrogen-bond acceptors (Lipinski definition) is 2. The molecule has 0 aliphatic carbocycles. The zero-order valence-electron chi connectivity index (χ0n) is 9.48. The third-order valence-electron chi connectivity index (χ3n) is 2.38. The van der Waals surface area contributed by atoms with Gasteiger partial charge < -0.3 is 9.73 Å². The minimum Gasteiger partial charge on any atom is -0.453 e. The molecule has 1 rings (SSSR count). The first-order valence-corrected chi connectivity index (χ1v) is 5.85. The highest BCUT2D eigenvalue weighted by atomic mass is 35.5. The van der Waals surface area contributed by atoms with Crippen molar-refractivity contribution in [3.63, 3.8) is 0 Å². The maximum atomic E-state index is 12.2. The monoisotopic (exact) mass is 269 g/mol. The number of rotatable bonds is 6. The van der Waals surface area contributed by atoms with Crippen LogP contribution in [0.2, 0.25) is 5.22 Å². The van der Waals surface area contributed by atoms with Gasteiger partial charge in [0, 0.05) is 18.0 Å². The van der Waals surface area contributed by atoms with Gasteiger partial charge in [-0.15, -0.1) is 0 Å². The summed E-state index contributed by atoms with van der Waals surface area (Å²) in [5.74, 6) is 0. The lowest BCUT2D eigenvalue weighted by atomic mass is 10.0. The molecule has 98 valence electrons. The van der Waals surface area contributed by atoms with Crippen molar-refractivity contribution in [1.29, 1.82) is 0 Å². The smallest absolute Gasteiger partial charge is 0.389 e. The van der Waals surface area contributed by atoms with Gasteiger partial charge in [-0.3, -0.25) is 0 Å². The molecule has 1 unspecified atom stereocenters. The number of nitrogens with one attached hydrogen (secondary N) is 1. The van der Waals surface area contributed by atoms with Gasteiger partial charge >= 0.3 is 6.18 Å². The number of alkyl halides is 3. The van der Waals surface area contributed by atoms with Crippen molar-refractivity contribution in [2.75, 3.05) is 6.54 Å². The first kappa shape index (κ1) is 14.4. The van der Waals surface area contributed by atoms with Crippen LogP contribution >= 0.6 is 11.6 Å². The molecule has 1 aromatic rings. The molecule has 0 saturated heterocycles. The highest BCUT2D eigenvalue weighted by Crippen LogP contribution is 2.31. The fourth-order valence-corrected chi connectivity index (χ4v) is 1.79. The minimum atomic E-state index is -4.15. The third-order valence-corrected chi connectivity index (χ3v) is 2.69. The molecule has 1 N–H and O–H groups in total. The van der Waals surface area contributed by atoms with Gasteiger partial charge in [0.25, 0.3) is 0 Å². The molecular formula is C11H15ClF3NO. The second-order valence-corrected chi connectivity index (χ2v) is 4.15. The van der Waals surface area contributed by atoms with Gasteiger partial charge in [-0.1, -0.05) is 6.92 Å². The Morgan fingerprint density at radius 3 is 2.65 bits per heavy atom. The summed E-state index contributed by atoms with van der Waals surface area (Å²) in [4.78, 5) is 0. The molecule has 0 spiro atoms. The molecule has 0 bridgehead atoms. The van der Waals surface area contributed by atoms with E-state index in [0.29, 0.717) is 12.1 Å². The molecule has 0 aliphatic heterocycles. The number of halogens is 4. The highest BCUT2D eigenvalue weighted by molar-refractivity contribution is 6.29. The van der Waals surface area contributed by atoms with Crippen LogP contribution < -0.4 is 5.32 Å². The first-order chi connectivity index (χ1) is 7.94. The van der Waals surface area contributed by atoms with Crippen molar-refractivity contribution in [1.82, 2.24) is 5.32 Å². The Hall–Kier alpha value is -0.680. The van der Waals surface area contributed by atoms with E-state index in [2.05, 4.69) is 5.32 Å². The summed E-state index contributed by atoms with van der Waals surface area (Å²) in [5.41, 5.74) is 0.587. The summed E-state index contributed by atoms with van der Waals surface area (Å²) in [5, 5.41) is 3.19. The molecule has 1 atom stereocenters. The van der Waals surface area contributed by atoms with Gasteiger partial charge in [0.1, 0.15) is 0 Å². The molecule has 17 heavy (non-hydrogen) atoms. The molecule has 0 aliphatic rings. The molecule has 0 radical (unpaired) electrons. The number of furan rings is 1. The van der Waals surface area contributed by atoms with Gasteiger partial charge in [-0.25, -0.2) is 0 Å². The lowest BCUT2D eigenvalue weighted by molar-refractivity contribution is -0.136. The van der Waals surface area contributed by atoms with E-state index in [-0.39, 0.29) is 11.6 Å². The van der Waals surface area contributed by atoms with Crippen LogP contribution in [0.5, 0.6) is 0 Å². The Morgan fingerprint density at radius 1 is 1.47 bits per heavy atom. The van der Waals surface area contributed by atoms with Crippen LogP contribution in [-0.4, -0.2) is 12.7 Å². The molecule has 0 amide bonds. The van der Waals surface area contributed by atoms with E-state index in [9.17, 15) is 13.2 Å². The van der Waals surface area contributed by atoms with E-state index in [0.717, 1.165) is 6.42 Å². The fourth-order valence-electron chi connectivity index (χ4n) is 1.55. The Bertz CT molecular complexity index is 338. The van der Waals surface area contributed by atoms with Gasteiger partial charge in [-0.05, 0) is 37.1 Å². The van der Waals surface area contributed by atoms with Crippen molar-refractivity contribution in [3.8, 4) is 0 Å². The van der Waals surface area contributed by atoms with Crippen LogP contribution in [0.3, 0.4) is 0 Å². The van der Waals surface area contributed by atoms with E-state index >= 15 is 0 Å². The summed E-state index contributed by atoms with van der Waals surface area (Å²) in [6, 6.07) is 1.19. The normalized spacial score (nSPS) is 13.9. The van der Waals surface area contributed by atoms with Crippen LogP contribution in [0.25, 0.3) is 0 Å². The summed E-state index contributed by atoms with van der Waals surface area (Å²) in [7, 11) is 0. The fraction of sp³-hybridized carbons (Fsp3) is 0.636. The third kappa shape index (κ3) is 5.00. The summed E-state index contributed by atoms with van der Waals surface area (Å²) in [6.45, 7) is 2.59. The topological polar surface area (TPSA) is 25.2 Å². The van der Waals surface area contributed by atoms with Crippen molar-refractivity contribution in [2.24, 2.45) is 0 Å². The van der Waals surface area contributed by atoms with E-state index in [4.69, 9.17) is 16.0 Å². The Kier molecular flexibility index (Phi) is 5.33. The Morgan fingerprint density at radius 2 is 2.18 bits per heavy atom. The zero-order valence-corrected chi connectivity index (χ0v) is 10.2. The molecule has 1 heterocycles. The lowest BCUT2D eigenvalue weighted by Crippen LogP contribution is -2.24. The van der Waals surface area contributed by atoms with E-state index in [1.807, 2.05) is 6.92 Å². The molecule has 1 aromatic heterocycles. The SMILES string of the molecule is CCCNC(CCC(F)(F)F)c1ccoc1Cl. The summed E-state index contributed by atoms with van der Waals surface area (Å²) >= 11 is 5.78. The maximum Gasteiger partial charge on any atom is 0.389 e. The molecule has 0 saturated carbocycles. The van der Waals surface area contributed by atoms with E-state index in [1.165, 1.54) is 6.26 Å². The first-order valence-electron chi connectivity index (χ1n) is 5.47. The van der Waals surface area contributed by atoms with E-state index in [1.54, 1.807) is 6.07 Å². The summed E-state index contributed by atoms with van der Waals surface area (Å²) < 4.78 is 41.5. The predicted molar refractivity (Wildman–Crippen MR) is 60.0 cm³/mol. The second kappa shape index (κ2) is 6.31. The number of hydrogen-bond donors (Lipinski definition) is 1. The van der Waals surface area contributed by atoms with Crippen molar-refractivity contribution in [3.05, 3.63) is 23.1 Å². The standard InChI is InChI=1S/C11H15ClF3NO/c1-2-6-16-9(3-5-11(13,14)15)8-4-7-17-10(8)12/h4,7,9,16H,2-3,5-6H2,1H3. The average molecular weight is 270 g/mol. The minimum absolute atomic E-state index is 0.0389. The highest BCUT2D eigenvalue weighted by Gasteiger charge is 2.29. The zero-order chi connectivity index (χ0) is 12.9. The van der Waals surface area contributed by atoms with Crippen LogP contribution in [0, 0.1) is 0 Å². The molecular weight excluding hydrogens is 255 g/mol. The lowest BCUT2D eigenvalue weighted by Gasteiger charge is -2.18. The second-order valence-electron chi connectivity index (χ2n) is 3.81. The Balaban J connectivity index is 2.64. The average Bonchev–Trinajstić information content (AvgIpc) is 2.63. The molecule has 6 heteroatoms. The van der Waals surface area contributed by atoms with Crippen molar-refractivity contribution in [2.45, 2.75) is 38.4 Å². The van der Waals surface area contributed by atoms with Crippen LogP contribution in [-0.2, 0) is 0 Å². The van der Waals surface area contributed by atoms with Gasteiger partial charge in [-0.2, -0.15) is 13.2 Å². The van der Waals surface area contributed by atoms with Crippen LogP contribution in [0.15, 0.2) is 16.7 Å². The van der Waals surface area contributed by atoms with Crippen LogP contribution in [0.4, 0.5) is 13.2 Å². The Labute approximate surface area is 103 Å². The summed E-state index contributed by atoms with van der Waals surface area (Å²) in [6.07, 6.45) is -2.80. The van der Waals surface area contributed by atoms with Gasteiger partial charge in [0.2, 0.25) is 0 Å². The van der Waals surface area contributed by atoms with Crippen molar-refractivity contribution >= 4 is 11.6 Å². The largest absolute Gasteiger partial charge is 0.453 e. The molecule has 0 aromatic carbocycles. The molecule has 0 fully saturated rings.